The number of aromatic amines is 1. The molecule has 2 unspecified atom stereocenters. The maximum atomic E-state index is 12.7. The van der Waals surface area contributed by atoms with Crippen molar-refractivity contribution in [2.75, 3.05) is 13.2 Å². The molecular formula is C31H33N5O2. The molecule has 0 radical (unpaired) electrons. The molecule has 1 amide bonds. The van der Waals surface area contributed by atoms with Crippen LogP contribution in [-0.4, -0.2) is 56.8 Å². The molecule has 0 spiro atoms. The van der Waals surface area contributed by atoms with Crippen molar-refractivity contribution in [3.8, 4) is 28.1 Å². The van der Waals surface area contributed by atoms with Crippen molar-refractivity contribution in [1.29, 1.82) is 0 Å². The van der Waals surface area contributed by atoms with Crippen LogP contribution in [0.2, 0.25) is 0 Å². The highest BCUT2D eigenvalue weighted by Gasteiger charge is 2.32. The first kappa shape index (κ1) is 23.4. The second-order valence-corrected chi connectivity index (χ2v) is 11.8. The summed E-state index contributed by atoms with van der Waals surface area (Å²) < 4.78 is 6.04. The number of benzene rings is 2. The fourth-order valence-corrected chi connectivity index (χ4v) is 6.44. The van der Waals surface area contributed by atoms with Crippen LogP contribution >= 0.6 is 0 Å². The molecule has 1 aliphatic carbocycles. The lowest BCUT2D eigenvalue weighted by atomic mass is 10.00. The van der Waals surface area contributed by atoms with Crippen LogP contribution in [0.1, 0.15) is 55.1 Å². The Hall–Kier alpha value is -3.71. The van der Waals surface area contributed by atoms with E-state index in [0.717, 1.165) is 35.0 Å². The van der Waals surface area contributed by atoms with Gasteiger partial charge in [-0.05, 0) is 87.9 Å². The second-order valence-electron chi connectivity index (χ2n) is 11.8. The van der Waals surface area contributed by atoms with Gasteiger partial charge in [-0.15, -0.1) is 0 Å². The number of hydrogen-bond donors (Lipinski definition) is 2. The zero-order chi connectivity index (χ0) is 26.0. The minimum Gasteiger partial charge on any atom is -0.490 e. The summed E-state index contributed by atoms with van der Waals surface area (Å²) in [6.07, 6.45) is 6.83. The molecule has 2 atom stereocenters. The van der Waals surface area contributed by atoms with Crippen LogP contribution in [0.25, 0.3) is 33.4 Å². The molecule has 7 heteroatoms. The molecule has 0 saturated carbocycles. The molecule has 7 nitrogen and oxygen atoms in total. The van der Waals surface area contributed by atoms with E-state index in [-0.39, 0.29) is 5.91 Å². The van der Waals surface area contributed by atoms with E-state index in [4.69, 9.17) is 4.74 Å². The van der Waals surface area contributed by atoms with Crippen molar-refractivity contribution < 1.29 is 9.53 Å². The average Bonchev–Trinajstić information content (AvgIpc) is 3.62. The van der Waals surface area contributed by atoms with Gasteiger partial charge in [0.05, 0.1) is 16.8 Å². The lowest BCUT2D eigenvalue weighted by Crippen LogP contribution is -2.45. The predicted octanol–water partition coefficient (Wildman–Crippen LogP) is 5.14. The number of amides is 1. The summed E-state index contributed by atoms with van der Waals surface area (Å²) in [6.45, 7) is 7.92. The van der Waals surface area contributed by atoms with E-state index in [1.165, 1.54) is 36.1 Å². The summed E-state index contributed by atoms with van der Waals surface area (Å²) in [5.41, 5.74) is 7.76. The summed E-state index contributed by atoms with van der Waals surface area (Å²) in [6, 6.07) is 16.1. The number of aromatic nitrogens is 3. The van der Waals surface area contributed by atoms with Crippen molar-refractivity contribution in [3.63, 3.8) is 0 Å². The molecule has 1 saturated heterocycles. The molecule has 4 aromatic rings. The molecule has 1 fully saturated rings. The third kappa shape index (κ3) is 3.97. The lowest BCUT2D eigenvalue weighted by Gasteiger charge is -2.27. The van der Waals surface area contributed by atoms with Crippen LogP contribution in [0.15, 0.2) is 48.7 Å². The normalized spacial score (nSPS) is 22.6. The van der Waals surface area contributed by atoms with E-state index in [0.29, 0.717) is 35.7 Å². The number of fused-ring (bicyclic) bond motifs is 3. The topological polar surface area (TPSA) is 83.1 Å². The minimum absolute atomic E-state index is 0.120. The van der Waals surface area contributed by atoms with Gasteiger partial charge in [-0.25, -0.2) is 4.98 Å². The van der Waals surface area contributed by atoms with Gasteiger partial charge in [-0.3, -0.25) is 14.8 Å². The van der Waals surface area contributed by atoms with Crippen LogP contribution in [0.3, 0.4) is 0 Å². The first-order valence-electron chi connectivity index (χ1n) is 13.7. The largest absolute Gasteiger partial charge is 0.490 e. The van der Waals surface area contributed by atoms with E-state index in [9.17, 15) is 4.79 Å². The quantitative estimate of drug-likeness (QED) is 0.401. The Bertz CT molecular complexity index is 1570. The Labute approximate surface area is 222 Å². The van der Waals surface area contributed by atoms with Gasteiger partial charge in [0, 0.05) is 34.8 Å². The van der Waals surface area contributed by atoms with Crippen LogP contribution in [0, 0.1) is 0 Å². The summed E-state index contributed by atoms with van der Waals surface area (Å²) in [5, 5.41) is 11.6. The molecule has 0 bridgehead atoms. The molecule has 38 heavy (non-hydrogen) atoms. The fourth-order valence-electron chi connectivity index (χ4n) is 6.44. The number of nitrogens with zero attached hydrogens (tertiary/aromatic N) is 3. The summed E-state index contributed by atoms with van der Waals surface area (Å²) in [5.74, 6) is 0.462. The van der Waals surface area contributed by atoms with Gasteiger partial charge in [0.15, 0.2) is 5.65 Å². The van der Waals surface area contributed by atoms with Gasteiger partial charge in [0.1, 0.15) is 12.4 Å². The third-order valence-electron chi connectivity index (χ3n) is 8.49. The summed E-state index contributed by atoms with van der Waals surface area (Å²) >= 11 is 0. The first-order valence-corrected chi connectivity index (χ1v) is 13.7. The van der Waals surface area contributed by atoms with E-state index >= 15 is 0 Å². The summed E-state index contributed by atoms with van der Waals surface area (Å²) in [7, 11) is 0. The zero-order valence-electron chi connectivity index (χ0n) is 22.2. The Morgan fingerprint density at radius 1 is 1.03 bits per heavy atom. The number of hydrogen-bond acceptors (Lipinski definition) is 5. The number of ether oxygens (including phenoxy) is 1. The number of rotatable bonds is 3. The van der Waals surface area contributed by atoms with Gasteiger partial charge in [0.2, 0.25) is 0 Å². The molecule has 194 valence electrons. The Morgan fingerprint density at radius 3 is 2.71 bits per heavy atom. The number of pyridine rings is 1. The molecule has 7 rings (SSSR count). The SMILES string of the molecule is CC1CCCN1C1Cc2ccc(-c3cnc4n[nH]c(-c5ccc6c(c5)OCC(C)(C)NC6=O)c4c3)cc2C1. The Morgan fingerprint density at radius 2 is 1.87 bits per heavy atom. The van der Waals surface area contributed by atoms with Crippen molar-refractivity contribution in [2.45, 2.75) is 64.1 Å². The first-order chi connectivity index (χ1) is 18.3. The standard InChI is InChI=1S/C31H33N5O2/c1-18-5-4-10-36(18)24-12-20-7-6-19(11-22(20)13-24)23-14-26-28(34-35-29(26)32-16-23)21-8-9-25-27(15-21)38-17-31(2,3)33-30(25)37/h6-9,11,14-16,18,24H,4-5,10,12-13,17H2,1-3H3,(H,33,37)(H,32,34,35). The number of carbonyl (C=O) groups excluding carboxylic acids is 1. The van der Waals surface area contributed by atoms with Crippen LogP contribution in [0.4, 0.5) is 0 Å². The lowest BCUT2D eigenvalue weighted by molar-refractivity contribution is 0.0909. The Kier molecular flexibility index (Phi) is 5.34. The van der Waals surface area contributed by atoms with E-state index < -0.39 is 5.54 Å². The molecule has 3 aliphatic rings. The number of H-pyrrole nitrogens is 1. The molecule has 2 aromatic heterocycles. The van der Waals surface area contributed by atoms with E-state index in [2.05, 4.69) is 56.6 Å². The highest BCUT2D eigenvalue weighted by atomic mass is 16.5. The van der Waals surface area contributed by atoms with Gasteiger partial charge >= 0.3 is 0 Å². The maximum Gasteiger partial charge on any atom is 0.255 e. The highest BCUT2D eigenvalue weighted by molar-refractivity contribution is 5.99. The zero-order valence-corrected chi connectivity index (χ0v) is 22.2. The van der Waals surface area contributed by atoms with Crippen molar-refractivity contribution in [3.05, 3.63) is 65.4 Å². The highest BCUT2D eigenvalue weighted by Crippen LogP contribution is 2.36. The third-order valence-corrected chi connectivity index (χ3v) is 8.49. The Balaban J connectivity index is 1.21. The monoisotopic (exact) mass is 507 g/mol. The minimum atomic E-state index is -0.432. The van der Waals surface area contributed by atoms with Crippen molar-refractivity contribution in [2.24, 2.45) is 0 Å². The molecule has 2 aliphatic heterocycles. The number of nitrogens with one attached hydrogen (secondary N) is 2. The van der Waals surface area contributed by atoms with Gasteiger partial charge in [-0.1, -0.05) is 24.3 Å². The molecular weight excluding hydrogens is 474 g/mol. The predicted molar refractivity (Wildman–Crippen MR) is 148 cm³/mol. The van der Waals surface area contributed by atoms with Crippen LogP contribution < -0.4 is 10.1 Å². The van der Waals surface area contributed by atoms with Crippen LogP contribution in [-0.2, 0) is 12.8 Å². The fraction of sp³-hybridized carbons (Fsp3) is 0.387. The number of likely N-dealkylation sites (tertiary alicyclic amines) is 1. The average molecular weight is 508 g/mol. The van der Waals surface area contributed by atoms with E-state index in [1.54, 1.807) is 0 Å². The smallest absolute Gasteiger partial charge is 0.255 e. The van der Waals surface area contributed by atoms with Gasteiger partial charge in [-0.2, -0.15) is 5.10 Å². The van der Waals surface area contributed by atoms with Crippen molar-refractivity contribution >= 4 is 16.9 Å². The second kappa shape index (κ2) is 8.67. The van der Waals surface area contributed by atoms with Gasteiger partial charge in [0.25, 0.3) is 5.91 Å². The summed E-state index contributed by atoms with van der Waals surface area (Å²) in [4.78, 5) is 20.1. The maximum absolute atomic E-state index is 12.7. The van der Waals surface area contributed by atoms with E-state index in [1.807, 2.05) is 38.2 Å². The van der Waals surface area contributed by atoms with Gasteiger partial charge < -0.3 is 10.1 Å². The van der Waals surface area contributed by atoms with Crippen LogP contribution in [0.5, 0.6) is 5.75 Å². The molecule has 2 N–H and O–H groups in total. The molecule has 2 aromatic carbocycles. The number of carbonyl (C=O) groups is 1. The van der Waals surface area contributed by atoms with Crippen molar-refractivity contribution in [1.82, 2.24) is 25.4 Å². The molecule has 4 heterocycles.